The van der Waals surface area contributed by atoms with Crippen LogP contribution in [0.1, 0.15) is 36.9 Å². The molecule has 0 aromatic heterocycles. The van der Waals surface area contributed by atoms with Gasteiger partial charge in [0.1, 0.15) is 0 Å². The molecule has 20 heavy (non-hydrogen) atoms. The molecule has 1 aliphatic rings. The molecule has 0 amide bonds. The predicted octanol–water partition coefficient (Wildman–Crippen LogP) is 4.51. The SMILES string of the molecule is CC1CCN(C(c2ccccc2)c2ccccc2)CC1. The van der Waals surface area contributed by atoms with E-state index in [9.17, 15) is 0 Å². The molecule has 0 unspecified atom stereocenters. The van der Waals surface area contributed by atoms with Crippen LogP contribution in [0.2, 0.25) is 0 Å². The Hall–Kier alpha value is -1.60. The summed E-state index contributed by atoms with van der Waals surface area (Å²) in [5.74, 6) is 0.874. The van der Waals surface area contributed by atoms with E-state index in [4.69, 9.17) is 0 Å². The molecule has 3 rings (SSSR count). The smallest absolute Gasteiger partial charge is 0.0601 e. The number of hydrogen-bond donors (Lipinski definition) is 0. The molecule has 0 saturated carbocycles. The van der Waals surface area contributed by atoms with Gasteiger partial charge >= 0.3 is 0 Å². The van der Waals surface area contributed by atoms with E-state index >= 15 is 0 Å². The van der Waals surface area contributed by atoms with Gasteiger partial charge in [-0.3, -0.25) is 4.90 Å². The molecule has 1 fully saturated rings. The van der Waals surface area contributed by atoms with Gasteiger partial charge in [0, 0.05) is 0 Å². The Morgan fingerprint density at radius 2 is 1.25 bits per heavy atom. The minimum absolute atomic E-state index is 0.407. The highest BCUT2D eigenvalue weighted by atomic mass is 15.2. The summed E-state index contributed by atoms with van der Waals surface area (Å²) in [5, 5.41) is 0. The van der Waals surface area contributed by atoms with Crippen LogP contribution >= 0.6 is 0 Å². The normalized spacial score (nSPS) is 17.5. The Balaban J connectivity index is 1.92. The molecule has 0 N–H and O–H groups in total. The maximum Gasteiger partial charge on any atom is 0.0601 e. The Kier molecular flexibility index (Phi) is 4.17. The van der Waals surface area contributed by atoms with Crippen LogP contribution in [0, 0.1) is 5.92 Å². The van der Waals surface area contributed by atoms with Crippen molar-refractivity contribution in [3.05, 3.63) is 71.8 Å². The first kappa shape index (κ1) is 13.4. The first-order chi connectivity index (χ1) is 9.84. The summed E-state index contributed by atoms with van der Waals surface area (Å²) in [7, 11) is 0. The van der Waals surface area contributed by atoms with Crippen LogP contribution in [0.25, 0.3) is 0 Å². The zero-order valence-corrected chi connectivity index (χ0v) is 12.2. The monoisotopic (exact) mass is 265 g/mol. The Morgan fingerprint density at radius 1 is 0.800 bits per heavy atom. The van der Waals surface area contributed by atoms with Gasteiger partial charge < -0.3 is 0 Å². The second-order valence-corrected chi connectivity index (χ2v) is 5.94. The van der Waals surface area contributed by atoms with Crippen LogP contribution in [0.4, 0.5) is 0 Å². The van der Waals surface area contributed by atoms with Crippen molar-refractivity contribution in [1.82, 2.24) is 4.90 Å². The molecule has 0 spiro atoms. The standard InChI is InChI=1S/C19H23N/c1-16-12-14-20(15-13-16)19(17-8-4-2-5-9-17)18-10-6-3-7-11-18/h2-11,16,19H,12-15H2,1H3. The maximum absolute atomic E-state index is 2.64. The van der Waals surface area contributed by atoms with Crippen molar-refractivity contribution in [2.45, 2.75) is 25.8 Å². The van der Waals surface area contributed by atoms with Crippen LogP contribution in [-0.4, -0.2) is 18.0 Å². The lowest BCUT2D eigenvalue weighted by atomic mass is 9.92. The van der Waals surface area contributed by atoms with E-state index in [-0.39, 0.29) is 0 Å². The third-order valence-corrected chi connectivity index (χ3v) is 4.41. The molecule has 0 aliphatic carbocycles. The van der Waals surface area contributed by atoms with Crippen molar-refractivity contribution in [1.29, 1.82) is 0 Å². The van der Waals surface area contributed by atoms with Crippen molar-refractivity contribution in [2.24, 2.45) is 5.92 Å². The first-order valence-electron chi connectivity index (χ1n) is 7.68. The molecular weight excluding hydrogens is 242 g/mol. The van der Waals surface area contributed by atoms with Gasteiger partial charge in [0.2, 0.25) is 0 Å². The molecule has 2 aromatic rings. The third-order valence-electron chi connectivity index (χ3n) is 4.41. The van der Waals surface area contributed by atoms with E-state index in [0.717, 1.165) is 5.92 Å². The maximum atomic E-state index is 2.64. The molecule has 1 heteroatoms. The van der Waals surface area contributed by atoms with E-state index in [1.165, 1.54) is 37.1 Å². The first-order valence-corrected chi connectivity index (χ1v) is 7.68. The Bertz CT molecular complexity index is 472. The zero-order chi connectivity index (χ0) is 13.8. The highest BCUT2D eigenvalue weighted by molar-refractivity contribution is 5.31. The molecule has 0 bridgehead atoms. The summed E-state index contributed by atoms with van der Waals surface area (Å²) in [6, 6.07) is 22.3. The van der Waals surface area contributed by atoms with E-state index in [1.54, 1.807) is 0 Å². The number of likely N-dealkylation sites (tertiary alicyclic amines) is 1. The van der Waals surface area contributed by atoms with Gasteiger partial charge in [-0.05, 0) is 43.0 Å². The number of benzene rings is 2. The van der Waals surface area contributed by atoms with Gasteiger partial charge in [-0.2, -0.15) is 0 Å². The number of hydrogen-bond acceptors (Lipinski definition) is 1. The minimum atomic E-state index is 0.407. The number of nitrogens with zero attached hydrogens (tertiary/aromatic N) is 1. The van der Waals surface area contributed by atoms with Crippen molar-refractivity contribution >= 4 is 0 Å². The van der Waals surface area contributed by atoms with Crippen LogP contribution in [0.3, 0.4) is 0 Å². The third kappa shape index (κ3) is 2.94. The summed E-state index contributed by atoms with van der Waals surface area (Å²) >= 11 is 0. The van der Waals surface area contributed by atoms with Crippen LogP contribution < -0.4 is 0 Å². The molecule has 1 heterocycles. The van der Waals surface area contributed by atoms with Gasteiger partial charge in [-0.1, -0.05) is 67.6 Å². The van der Waals surface area contributed by atoms with Crippen molar-refractivity contribution in [3.8, 4) is 0 Å². The lowest BCUT2D eigenvalue weighted by Gasteiger charge is -2.37. The van der Waals surface area contributed by atoms with E-state index in [2.05, 4.69) is 72.5 Å². The molecule has 104 valence electrons. The van der Waals surface area contributed by atoms with E-state index in [0.29, 0.717) is 6.04 Å². The predicted molar refractivity (Wildman–Crippen MR) is 84.7 cm³/mol. The second-order valence-electron chi connectivity index (χ2n) is 5.94. The van der Waals surface area contributed by atoms with Gasteiger partial charge in [-0.15, -0.1) is 0 Å². The van der Waals surface area contributed by atoms with Crippen molar-refractivity contribution < 1.29 is 0 Å². The number of piperidine rings is 1. The molecule has 0 radical (unpaired) electrons. The topological polar surface area (TPSA) is 3.24 Å². The fourth-order valence-corrected chi connectivity index (χ4v) is 3.17. The van der Waals surface area contributed by atoms with Gasteiger partial charge in [-0.25, -0.2) is 0 Å². The summed E-state index contributed by atoms with van der Waals surface area (Å²) < 4.78 is 0. The average molecular weight is 265 g/mol. The minimum Gasteiger partial charge on any atom is -0.292 e. The highest BCUT2D eigenvalue weighted by Crippen LogP contribution is 2.31. The van der Waals surface area contributed by atoms with Crippen molar-refractivity contribution in [3.63, 3.8) is 0 Å². The van der Waals surface area contributed by atoms with Gasteiger partial charge in [0.15, 0.2) is 0 Å². The van der Waals surface area contributed by atoms with E-state index in [1.807, 2.05) is 0 Å². The molecule has 1 nitrogen and oxygen atoms in total. The van der Waals surface area contributed by atoms with E-state index < -0.39 is 0 Å². The Morgan fingerprint density at radius 3 is 1.70 bits per heavy atom. The van der Waals surface area contributed by atoms with Gasteiger partial charge in [0.25, 0.3) is 0 Å². The fraction of sp³-hybridized carbons (Fsp3) is 0.368. The second kappa shape index (κ2) is 6.23. The largest absolute Gasteiger partial charge is 0.292 e. The van der Waals surface area contributed by atoms with Crippen LogP contribution in [0.5, 0.6) is 0 Å². The lowest BCUT2D eigenvalue weighted by molar-refractivity contribution is 0.157. The van der Waals surface area contributed by atoms with Gasteiger partial charge in [0.05, 0.1) is 6.04 Å². The molecule has 1 saturated heterocycles. The fourth-order valence-electron chi connectivity index (χ4n) is 3.17. The Labute approximate surface area is 122 Å². The molecule has 2 aromatic carbocycles. The lowest BCUT2D eigenvalue weighted by Crippen LogP contribution is -2.36. The molecular formula is C19H23N. The van der Waals surface area contributed by atoms with Crippen LogP contribution in [0.15, 0.2) is 60.7 Å². The highest BCUT2D eigenvalue weighted by Gasteiger charge is 2.25. The van der Waals surface area contributed by atoms with Crippen LogP contribution in [-0.2, 0) is 0 Å². The average Bonchev–Trinajstić information content (AvgIpc) is 2.52. The summed E-state index contributed by atoms with van der Waals surface area (Å²) in [5.41, 5.74) is 2.82. The zero-order valence-electron chi connectivity index (χ0n) is 12.2. The summed E-state index contributed by atoms with van der Waals surface area (Å²) in [6.45, 7) is 4.78. The number of rotatable bonds is 3. The van der Waals surface area contributed by atoms with Crippen molar-refractivity contribution in [2.75, 3.05) is 13.1 Å². The summed E-state index contributed by atoms with van der Waals surface area (Å²) in [6.07, 6.45) is 2.63. The molecule has 0 atom stereocenters. The summed E-state index contributed by atoms with van der Waals surface area (Å²) in [4.78, 5) is 2.64. The quantitative estimate of drug-likeness (QED) is 0.789. The molecule has 1 aliphatic heterocycles.